The summed E-state index contributed by atoms with van der Waals surface area (Å²) in [6, 6.07) is 10.2. The molecular formula is C23H32N4O3. The van der Waals surface area contributed by atoms with Crippen molar-refractivity contribution in [2.45, 2.75) is 50.8 Å². The zero-order chi connectivity index (χ0) is 21.1. The number of aromatic nitrogens is 2. The molecule has 0 spiro atoms. The second-order valence-corrected chi connectivity index (χ2v) is 8.65. The van der Waals surface area contributed by atoms with Gasteiger partial charge in [-0.15, -0.1) is 0 Å². The number of amides is 1. The third kappa shape index (κ3) is 4.43. The number of carbonyl (C=O) groups is 1. The van der Waals surface area contributed by atoms with Crippen LogP contribution in [-0.2, 0) is 16.1 Å². The van der Waals surface area contributed by atoms with E-state index in [4.69, 9.17) is 4.74 Å². The third-order valence-corrected chi connectivity index (χ3v) is 6.29. The molecule has 4 atom stereocenters. The maximum absolute atomic E-state index is 13.2. The van der Waals surface area contributed by atoms with Gasteiger partial charge in [0.1, 0.15) is 5.82 Å². The second-order valence-electron chi connectivity index (χ2n) is 8.65. The number of aliphatic hydroxyl groups excluding tert-OH is 1. The summed E-state index contributed by atoms with van der Waals surface area (Å²) >= 11 is 0. The normalized spacial score (nSPS) is 27.0. The summed E-state index contributed by atoms with van der Waals surface area (Å²) in [5.41, 5.74) is 2.08. The van der Waals surface area contributed by atoms with E-state index >= 15 is 0 Å². The lowest BCUT2D eigenvalue weighted by Crippen LogP contribution is -2.45. The SMILES string of the molecule is CC(C)c1ncc([C@@H]2[C@H](O)[C@@H](C(=O)N3CCOCC3)C[C@H]2NCc2ccccc2)[nH]1. The Balaban J connectivity index is 1.54. The van der Waals surface area contributed by atoms with Gasteiger partial charge in [-0.25, -0.2) is 4.98 Å². The largest absolute Gasteiger partial charge is 0.392 e. The van der Waals surface area contributed by atoms with Crippen molar-refractivity contribution in [1.82, 2.24) is 20.2 Å². The van der Waals surface area contributed by atoms with E-state index < -0.39 is 12.0 Å². The van der Waals surface area contributed by atoms with Crippen LogP contribution in [0.2, 0.25) is 0 Å². The quantitative estimate of drug-likeness (QED) is 0.675. The Morgan fingerprint density at radius 3 is 2.70 bits per heavy atom. The molecule has 1 aromatic carbocycles. The molecule has 1 amide bonds. The number of nitrogens with one attached hydrogen (secondary N) is 2. The van der Waals surface area contributed by atoms with Crippen LogP contribution in [0, 0.1) is 5.92 Å². The fraction of sp³-hybridized carbons (Fsp3) is 0.565. The molecule has 2 aliphatic rings. The maximum Gasteiger partial charge on any atom is 0.228 e. The van der Waals surface area contributed by atoms with Crippen LogP contribution < -0.4 is 5.32 Å². The highest BCUT2D eigenvalue weighted by Gasteiger charge is 2.48. The van der Waals surface area contributed by atoms with Crippen molar-refractivity contribution in [3.05, 3.63) is 53.6 Å². The maximum atomic E-state index is 13.2. The molecule has 2 fully saturated rings. The average Bonchev–Trinajstić information content (AvgIpc) is 3.38. The summed E-state index contributed by atoms with van der Waals surface area (Å²) in [4.78, 5) is 22.9. The number of nitrogens with zero attached hydrogens (tertiary/aromatic N) is 2. The molecule has 162 valence electrons. The Morgan fingerprint density at radius 1 is 1.30 bits per heavy atom. The highest BCUT2D eigenvalue weighted by atomic mass is 16.5. The number of rotatable bonds is 6. The van der Waals surface area contributed by atoms with E-state index in [1.54, 1.807) is 0 Å². The molecule has 2 heterocycles. The Morgan fingerprint density at radius 2 is 2.03 bits per heavy atom. The summed E-state index contributed by atoms with van der Waals surface area (Å²) < 4.78 is 5.38. The van der Waals surface area contributed by atoms with Gasteiger partial charge in [-0.2, -0.15) is 0 Å². The van der Waals surface area contributed by atoms with E-state index in [1.165, 1.54) is 5.56 Å². The van der Waals surface area contributed by atoms with E-state index in [9.17, 15) is 9.90 Å². The smallest absolute Gasteiger partial charge is 0.228 e. The molecular weight excluding hydrogens is 380 g/mol. The van der Waals surface area contributed by atoms with Gasteiger partial charge in [-0.05, 0) is 12.0 Å². The molecule has 1 aromatic heterocycles. The Kier molecular flexibility index (Phi) is 6.51. The molecule has 3 N–H and O–H groups in total. The number of ether oxygens (including phenoxy) is 1. The van der Waals surface area contributed by atoms with E-state index in [2.05, 4.69) is 41.3 Å². The van der Waals surface area contributed by atoms with E-state index in [0.717, 1.165) is 11.5 Å². The standard InChI is InChI=1S/C23H32N4O3/c1-15(2)22-25-14-19(26-22)20-18(24-13-16-6-4-3-5-7-16)12-17(21(20)28)23(29)27-8-10-30-11-9-27/h3-7,14-15,17-18,20-21,24,28H,8-13H2,1-2H3,(H,25,26)/t17-,18+,20+,21+/m0/s1. The van der Waals surface area contributed by atoms with Gasteiger partial charge >= 0.3 is 0 Å². The van der Waals surface area contributed by atoms with Gasteiger partial charge in [0.2, 0.25) is 5.91 Å². The Labute approximate surface area is 177 Å². The van der Waals surface area contributed by atoms with Crippen molar-refractivity contribution in [2.24, 2.45) is 5.92 Å². The molecule has 1 aliphatic carbocycles. The predicted octanol–water partition coefficient (Wildman–Crippen LogP) is 2.01. The van der Waals surface area contributed by atoms with Crippen LogP contribution in [0.25, 0.3) is 0 Å². The third-order valence-electron chi connectivity index (χ3n) is 6.29. The van der Waals surface area contributed by atoms with Crippen molar-refractivity contribution < 1.29 is 14.6 Å². The Bertz CT molecular complexity index is 832. The van der Waals surface area contributed by atoms with Crippen LogP contribution in [0.5, 0.6) is 0 Å². The van der Waals surface area contributed by atoms with Crippen LogP contribution in [0.15, 0.2) is 36.5 Å². The van der Waals surface area contributed by atoms with E-state index in [1.807, 2.05) is 29.3 Å². The first-order chi connectivity index (χ1) is 14.5. The molecule has 2 aromatic rings. The summed E-state index contributed by atoms with van der Waals surface area (Å²) in [6.07, 6.45) is 1.67. The zero-order valence-corrected chi connectivity index (χ0v) is 17.8. The molecule has 1 saturated heterocycles. The van der Waals surface area contributed by atoms with E-state index in [-0.39, 0.29) is 23.8 Å². The number of hydrogen-bond acceptors (Lipinski definition) is 5. The van der Waals surface area contributed by atoms with Crippen molar-refractivity contribution in [3.63, 3.8) is 0 Å². The minimum Gasteiger partial charge on any atom is -0.392 e. The fourth-order valence-electron chi connectivity index (χ4n) is 4.58. The van der Waals surface area contributed by atoms with Gasteiger partial charge in [-0.1, -0.05) is 44.2 Å². The molecule has 7 heteroatoms. The first-order valence-electron chi connectivity index (χ1n) is 10.9. The lowest BCUT2D eigenvalue weighted by atomic mass is 9.95. The van der Waals surface area contributed by atoms with Crippen LogP contribution in [-0.4, -0.2) is 64.3 Å². The van der Waals surface area contributed by atoms with Crippen LogP contribution in [0.1, 0.15) is 49.2 Å². The monoisotopic (exact) mass is 412 g/mol. The fourth-order valence-corrected chi connectivity index (χ4v) is 4.58. The van der Waals surface area contributed by atoms with Gasteiger partial charge in [0.25, 0.3) is 0 Å². The number of aliphatic hydroxyl groups is 1. The van der Waals surface area contributed by atoms with Gasteiger partial charge in [-0.3, -0.25) is 4.79 Å². The van der Waals surface area contributed by atoms with Crippen molar-refractivity contribution in [1.29, 1.82) is 0 Å². The second kappa shape index (κ2) is 9.29. The Hall–Kier alpha value is -2.22. The topological polar surface area (TPSA) is 90.5 Å². The number of carbonyl (C=O) groups excluding carboxylic acids is 1. The predicted molar refractivity (Wildman–Crippen MR) is 114 cm³/mol. The minimum atomic E-state index is -0.755. The van der Waals surface area contributed by atoms with Gasteiger partial charge in [0.05, 0.1) is 25.2 Å². The van der Waals surface area contributed by atoms with Gasteiger partial charge in [0, 0.05) is 49.4 Å². The molecule has 1 saturated carbocycles. The summed E-state index contributed by atoms with van der Waals surface area (Å²) in [7, 11) is 0. The van der Waals surface area contributed by atoms with Crippen molar-refractivity contribution >= 4 is 5.91 Å². The first kappa shape index (κ1) is 21.0. The number of aromatic amines is 1. The van der Waals surface area contributed by atoms with Crippen LogP contribution >= 0.6 is 0 Å². The molecule has 30 heavy (non-hydrogen) atoms. The summed E-state index contributed by atoms with van der Waals surface area (Å²) in [5, 5.41) is 14.9. The highest BCUT2D eigenvalue weighted by molar-refractivity contribution is 5.80. The first-order valence-corrected chi connectivity index (χ1v) is 10.9. The zero-order valence-electron chi connectivity index (χ0n) is 17.8. The van der Waals surface area contributed by atoms with Gasteiger partial charge in [0.15, 0.2) is 0 Å². The van der Waals surface area contributed by atoms with Crippen molar-refractivity contribution in [3.8, 4) is 0 Å². The van der Waals surface area contributed by atoms with Gasteiger partial charge < -0.3 is 25.0 Å². The van der Waals surface area contributed by atoms with Crippen LogP contribution in [0.3, 0.4) is 0 Å². The molecule has 0 unspecified atom stereocenters. The molecule has 0 bridgehead atoms. The molecule has 1 aliphatic heterocycles. The lowest BCUT2D eigenvalue weighted by molar-refractivity contribution is -0.142. The number of morpholine rings is 1. The highest BCUT2D eigenvalue weighted by Crippen LogP contribution is 2.40. The number of H-pyrrole nitrogens is 1. The number of imidazole rings is 1. The summed E-state index contributed by atoms with van der Waals surface area (Å²) in [6.45, 7) is 7.18. The summed E-state index contributed by atoms with van der Waals surface area (Å²) in [5.74, 6) is 0.583. The molecule has 4 rings (SSSR count). The minimum absolute atomic E-state index is 0.0179. The molecule has 0 radical (unpaired) electrons. The van der Waals surface area contributed by atoms with E-state index in [0.29, 0.717) is 39.3 Å². The number of hydrogen-bond donors (Lipinski definition) is 3. The molecule has 7 nitrogen and oxygen atoms in total. The number of benzene rings is 1. The van der Waals surface area contributed by atoms with Crippen molar-refractivity contribution in [2.75, 3.05) is 26.3 Å². The lowest BCUT2D eigenvalue weighted by Gasteiger charge is -2.30. The van der Waals surface area contributed by atoms with Crippen LogP contribution in [0.4, 0.5) is 0 Å². The average molecular weight is 413 g/mol.